The number of hydrazone groups is 1. The van der Waals surface area contributed by atoms with Crippen LogP contribution in [0.1, 0.15) is 12.0 Å². The van der Waals surface area contributed by atoms with Gasteiger partial charge in [0.15, 0.2) is 14.9 Å². The van der Waals surface area contributed by atoms with Crippen molar-refractivity contribution in [2.24, 2.45) is 5.10 Å². The summed E-state index contributed by atoms with van der Waals surface area (Å²) in [5, 5.41) is 12.3. The van der Waals surface area contributed by atoms with E-state index in [4.69, 9.17) is 17.3 Å². The maximum Gasteiger partial charge on any atom is 0.187 e. The van der Waals surface area contributed by atoms with Crippen LogP contribution in [0.2, 0.25) is 0 Å². The zero-order chi connectivity index (χ0) is 21.0. The molecule has 1 unspecified atom stereocenters. The Labute approximate surface area is 180 Å². The molecule has 3 aromatic rings. The molecule has 9 heteroatoms. The number of aromatic nitrogens is 2. The summed E-state index contributed by atoms with van der Waals surface area (Å²) < 4.78 is 25.0. The van der Waals surface area contributed by atoms with Crippen LogP contribution in [0, 0.1) is 0 Å². The molecule has 30 heavy (non-hydrogen) atoms. The highest BCUT2D eigenvalue weighted by atomic mass is 32.2. The van der Waals surface area contributed by atoms with E-state index in [1.165, 1.54) is 0 Å². The van der Waals surface area contributed by atoms with Crippen molar-refractivity contribution in [3.63, 3.8) is 0 Å². The second-order valence-electron chi connectivity index (χ2n) is 7.02. The molecule has 0 aliphatic carbocycles. The van der Waals surface area contributed by atoms with E-state index in [1.54, 1.807) is 6.21 Å². The number of para-hydroxylation sites is 1. The molecular weight excluding hydrogens is 418 g/mol. The quantitative estimate of drug-likeness (QED) is 0.361. The van der Waals surface area contributed by atoms with Crippen LogP contribution in [0.25, 0.3) is 16.9 Å². The second kappa shape index (κ2) is 8.76. The van der Waals surface area contributed by atoms with Crippen molar-refractivity contribution < 1.29 is 8.42 Å². The molecule has 7 nitrogen and oxygen atoms in total. The average molecular weight is 440 g/mol. The molecule has 1 aliphatic heterocycles. The Balaban J connectivity index is 1.51. The van der Waals surface area contributed by atoms with Gasteiger partial charge in [-0.2, -0.15) is 10.2 Å². The smallest absolute Gasteiger partial charge is 0.187 e. The van der Waals surface area contributed by atoms with Gasteiger partial charge < -0.3 is 5.32 Å². The van der Waals surface area contributed by atoms with Crippen LogP contribution >= 0.6 is 12.2 Å². The number of sulfone groups is 1. The van der Waals surface area contributed by atoms with Crippen molar-refractivity contribution in [2.45, 2.75) is 12.5 Å². The number of hydrogen-bond acceptors (Lipinski definition) is 5. The maximum atomic E-state index is 11.6. The molecule has 1 atom stereocenters. The van der Waals surface area contributed by atoms with Crippen LogP contribution < -0.4 is 10.7 Å². The Morgan fingerprint density at radius 3 is 2.50 bits per heavy atom. The van der Waals surface area contributed by atoms with Gasteiger partial charge in [0.1, 0.15) is 5.69 Å². The first-order valence-corrected chi connectivity index (χ1v) is 11.7. The maximum absolute atomic E-state index is 11.6. The Hall–Kier alpha value is -3.04. The van der Waals surface area contributed by atoms with Gasteiger partial charge >= 0.3 is 0 Å². The lowest BCUT2D eigenvalue weighted by Gasteiger charge is -2.11. The molecule has 1 saturated heterocycles. The van der Waals surface area contributed by atoms with Crippen molar-refractivity contribution in [2.75, 3.05) is 11.5 Å². The Morgan fingerprint density at radius 1 is 1.13 bits per heavy atom. The van der Waals surface area contributed by atoms with Gasteiger partial charge in [0, 0.05) is 23.4 Å². The van der Waals surface area contributed by atoms with Crippen LogP contribution in [0.4, 0.5) is 0 Å². The fourth-order valence-electron chi connectivity index (χ4n) is 3.30. The van der Waals surface area contributed by atoms with Crippen molar-refractivity contribution in [1.29, 1.82) is 0 Å². The fraction of sp³-hybridized carbons (Fsp3) is 0.190. The lowest BCUT2D eigenvalue weighted by atomic mass is 10.1. The molecule has 0 radical (unpaired) electrons. The number of rotatable bonds is 5. The lowest BCUT2D eigenvalue weighted by Crippen LogP contribution is -2.40. The molecule has 0 saturated carbocycles. The molecule has 0 spiro atoms. The van der Waals surface area contributed by atoms with E-state index in [9.17, 15) is 8.42 Å². The van der Waals surface area contributed by atoms with E-state index >= 15 is 0 Å². The van der Waals surface area contributed by atoms with Gasteiger partial charge in [-0.3, -0.25) is 5.43 Å². The van der Waals surface area contributed by atoms with E-state index in [0.29, 0.717) is 11.5 Å². The first-order chi connectivity index (χ1) is 14.5. The molecule has 1 aliphatic rings. The van der Waals surface area contributed by atoms with Crippen molar-refractivity contribution >= 4 is 33.4 Å². The number of hydrogen-bond donors (Lipinski definition) is 2. The molecule has 1 fully saturated rings. The average Bonchev–Trinajstić information content (AvgIpc) is 3.32. The standard InChI is InChI=1S/C21H21N5O2S2/c27-30(28)12-11-18(15-30)23-21(29)24-22-13-17-14-26(19-9-5-2-6-10-19)25-20(17)16-7-3-1-4-8-16/h1-10,13-14,18H,11-12,15H2,(H2,23,24,29)/b22-13+. The predicted molar refractivity (Wildman–Crippen MR) is 123 cm³/mol. The van der Waals surface area contributed by atoms with Crippen molar-refractivity contribution in [1.82, 2.24) is 20.5 Å². The summed E-state index contributed by atoms with van der Waals surface area (Å²) in [5.74, 6) is 0.288. The van der Waals surface area contributed by atoms with Gasteiger partial charge in [0.25, 0.3) is 0 Å². The molecule has 154 valence electrons. The fourth-order valence-corrected chi connectivity index (χ4v) is 5.19. The number of nitrogens with one attached hydrogen (secondary N) is 2. The van der Waals surface area contributed by atoms with E-state index in [0.717, 1.165) is 22.5 Å². The summed E-state index contributed by atoms with van der Waals surface area (Å²) in [6.45, 7) is 0. The zero-order valence-corrected chi connectivity index (χ0v) is 17.7. The topological polar surface area (TPSA) is 88.4 Å². The predicted octanol–water partition coefficient (Wildman–Crippen LogP) is 2.52. The highest BCUT2D eigenvalue weighted by Crippen LogP contribution is 2.22. The van der Waals surface area contributed by atoms with Crippen molar-refractivity contribution in [3.05, 3.63) is 72.4 Å². The summed E-state index contributed by atoms with van der Waals surface area (Å²) >= 11 is 5.24. The summed E-state index contributed by atoms with van der Waals surface area (Å²) in [5.41, 5.74) is 6.31. The third-order valence-corrected chi connectivity index (χ3v) is 6.72. The van der Waals surface area contributed by atoms with Crippen LogP contribution in [0.15, 0.2) is 72.0 Å². The van der Waals surface area contributed by atoms with Gasteiger partial charge in [-0.15, -0.1) is 0 Å². The molecular formula is C21H21N5O2S2. The SMILES string of the molecule is O=S1(=O)CCC(NC(=S)N/N=C/c2cn(-c3ccccc3)nc2-c2ccccc2)C1. The number of benzene rings is 2. The van der Waals surface area contributed by atoms with E-state index in [2.05, 4.69) is 15.8 Å². The number of thiocarbonyl (C=S) groups is 1. The lowest BCUT2D eigenvalue weighted by molar-refractivity contribution is 0.600. The molecule has 0 bridgehead atoms. The van der Waals surface area contributed by atoms with Gasteiger partial charge in [0.2, 0.25) is 0 Å². The van der Waals surface area contributed by atoms with E-state index < -0.39 is 9.84 Å². The van der Waals surface area contributed by atoms with Gasteiger partial charge in [-0.05, 0) is 30.8 Å². The Morgan fingerprint density at radius 2 is 1.83 bits per heavy atom. The van der Waals surface area contributed by atoms with Gasteiger partial charge in [0.05, 0.1) is 23.4 Å². The summed E-state index contributed by atoms with van der Waals surface area (Å²) in [7, 11) is -2.96. The first-order valence-electron chi connectivity index (χ1n) is 9.51. The summed E-state index contributed by atoms with van der Waals surface area (Å²) in [6.07, 6.45) is 4.12. The van der Waals surface area contributed by atoms with Crippen LogP contribution in [-0.2, 0) is 9.84 Å². The largest absolute Gasteiger partial charge is 0.358 e. The van der Waals surface area contributed by atoms with Gasteiger partial charge in [-0.25, -0.2) is 13.1 Å². The van der Waals surface area contributed by atoms with Gasteiger partial charge in [-0.1, -0.05) is 48.5 Å². The highest BCUT2D eigenvalue weighted by Gasteiger charge is 2.28. The first kappa shape index (κ1) is 20.2. The molecule has 0 amide bonds. The van der Waals surface area contributed by atoms with E-state index in [-0.39, 0.29) is 17.5 Å². The van der Waals surface area contributed by atoms with Crippen LogP contribution in [0.3, 0.4) is 0 Å². The Bertz CT molecular complexity index is 1160. The third-order valence-electron chi connectivity index (χ3n) is 4.75. The minimum atomic E-state index is -2.96. The molecule has 4 rings (SSSR count). The normalized spacial score (nSPS) is 17.8. The zero-order valence-electron chi connectivity index (χ0n) is 16.1. The van der Waals surface area contributed by atoms with Crippen molar-refractivity contribution in [3.8, 4) is 16.9 Å². The van der Waals surface area contributed by atoms with Crippen LogP contribution in [0.5, 0.6) is 0 Å². The Kier molecular flexibility index (Phi) is 5.91. The molecule has 1 aromatic heterocycles. The molecule has 2 aromatic carbocycles. The minimum Gasteiger partial charge on any atom is -0.358 e. The second-order valence-corrected chi connectivity index (χ2v) is 9.66. The number of nitrogens with zero attached hydrogens (tertiary/aromatic N) is 3. The summed E-state index contributed by atoms with van der Waals surface area (Å²) in [4.78, 5) is 0. The third kappa shape index (κ3) is 4.92. The van der Waals surface area contributed by atoms with Crippen LogP contribution in [-0.4, -0.2) is 47.1 Å². The van der Waals surface area contributed by atoms with E-state index in [1.807, 2.05) is 71.5 Å². The molecule has 2 heterocycles. The minimum absolute atomic E-state index is 0.0978. The monoisotopic (exact) mass is 439 g/mol. The summed E-state index contributed by atoms with van der Waals surface area (Å²) in [6, 6.07) is 19.5. The highest BCUT2D eigenvalue weighted by molar-refractivity contribution is 7.91. The molecule has 2 N–H and O–H groups in total.